The molecular formula is C30H27F3N4O2. The van der Waals surface area contributed by atoms with E-state index < -0.39 is 12.1 Å². The zero-order valence-corrected chi connectivity index (χ0v) is 21.1. The molecular weight excluding hydrogens is 505 g/mol. The Hall–Kier alpha value is -4.63. The average Bonchev–Trinajstić information content (AvgIpc) is 3.35. The van der Waals surface area contributed by atoms with Crippen LogP contribution in [0.1, 0.15) is 16.7 Å². The quantitative estimate of drug-likeness (QED) is 0.182. The summed E-state index contributed by atoms with van der Waals surface area (Å²) in [5.41, 5.74) is 15.8. The second kappa shape index (κ2) is 11.8. The number of nitrogen functional groups attached to an aromatic ring is 1. The summed E-state index contributed by atoms with van der Waals surface area (Å²) in [4.78, 5) is 17.2. The van der Waals surface area contributed by atoms with Gasteiger partial charge in [0.05, 0.1) is 11.0 Å². The third kappa shape index (κ3) is 7.24. The first-order valence-corrected chi connectivity index (χ1v) is 12.1. The van der Waals surface area contributed by atoms with Gasteiger partial charge in [0.1, 0.15) is 5.82 Å². The van der Waals surface area contributed by atoms with Crippen LogP contribution in [0.5, 0.6) is 0 Å². The Labute approximate surface area is 223 Å². The minimum atomic E-state index is -5.08. The Kier molecular flexibility index (Phi) is 8.31. The van der Waals surface area contributed by atoms with Crippen LogP contribution in [0.3, 0.4) is 0 Å². The van der Waals surface area contributed by atoms with Gasteiger partial charge in [0.25, 0.3) is 0 Å². The van der Waals surface area contributed by atoms with Crippen molar-refractivity contribution in [1.29, 1.82) is 0 Å². The number of anilines is 1. The van der Waals surface area contributed by atoms with Crippen LogP contribution in [-0.2, 0) is 17.9 Å². The molecule has 0 saturated heterocycles. The molecule has 0 spiro atoms. The minimum absolute atomic E-state index is 0.797. The standard InChI is InChI=1S/C28H26N4.C2HF3O2/c1-19-5-2-10-26-27(19)32-28(31-26)24-8-4-7-23(16-24)22-13-11-20(12-14-22)17-30-18-21-6-3-9-25(29)15-21;3-2(4,5)1(6)7/h2-16,30H,17-18,29H2,1H3,(H,31,32);(H,6,7). The molecule has 5 N–H and O–H groups in total. The van der Waals surface area contributed by atoms with Gasteiger partial charge in [0, 0.05) is 24.3 Å². The van der Waals surface area contributed by atoms with Crippen LogP contribution in [-0.4, -0.2) is 27.2 Å². The van der Waals surface area contributed by atoms with Crippen molar-refractivity contribution in [1.82, 2.24) is 15.3 Å². The van der Waals surface area contributed by atoms with Crippen LogP contribution in [0.2, 0.25) is 0 Å². The highest BCUT2D eigenvalue weighted by Crippen LogP contribution is 2.27. The van der Waals surface area contributed by atoms with E-state index in [4.69, 9.17) is 20.6 Å². The van der Waals surface area contributed by atoms with Gasteiger partial charge < -0.3 is 21.1 Å². The van der Waals surface area contributed by atoms with Crippen molar-refractivity contribution in [2.24, 2.45) is 0 Å². The number of aromatic amines is 1. The average molecular weight is 533 g/mol. The first-order valence-electron chi connectivity index (χ1n) is 12.1. The van der Waals surface area contributed by atoms with Crippen LogP contribution in [0.15, 0.2) is 91.0 Å². The lowest BCUT2D eigenvalue weighted by Gasteiger charge is -2.08. The van der Waals surface area contributed by atoms with E-state index in [1.165, 1.54) is 27.8 Å². The van der Waals surface area contributed by atoms with Gasteiger partial charge in [-0.1, -0.05) is 66.7 Å². The second-order valence-corrected chi connectivity index (χ2v) is 8.99. The molecule has 200 valence electrons. The van der Waals surface area contributed by atoms with Crippen molar-refractivity contribution in [3.05, 3.63) is 108 Å². The maximum Gasteiger partial charge on any atom is 0.490 e. The van der Waals surface area contributed by atoms with Crippen molar-refractivity contribution < 1.29 is 23.1 Å². The molecule has 5 aromatic rings. The predicted molar refractivity (Wildman–Crippen MR) is 147 cm³/mol. The fraction of sp³-hybridized carbons (Fsp3) is 0.133. The van der Waals surface area contributed by atoms with E-state index in [-0.39, 0.29) is 0 Å². The lowest BCUT2D eigenvalue weighted by Crippen LogP contribution is -2.21. The molecule has 0 aliphatic heterocycles. The number of nitrogens with one attached hydrogen (secondary N) is 2. The zero-order chi connectivity index (χ0) is 28.0. The van der Waals surface area contributed by atoms with E-state index in [1.807, 2.05) is 18.2 Å². The summed E-state index contributed by atoms with van der Waals surface area (Å²) >= 11 is 0. The van der Waals surface area contributed by atoms with Gasteiger partial charge in [0.2, 0.25) is 0 Å². The van der Waals surface area contributed by atoms with Gasteiger partial charge in [-0.25, -0.2) is 9.78 Å². The summed E-state index contributed by atoms with van der Waals surface area (Å²) in [5.74, 6) is -1.86. The summed E-state index contributed by atoms with van der Waals surface area (Å²) in [6.45, 7) is 3.70. The summed E-state index contributed by atoms with van der Waals surface area (Å²) in [6, 6.07) is 31.5. The largest absolute Gasteiger partial charge is 0.490 e. The van der Waals surface area contributed by atoms with E-state index in [2.05, 4.69) is 90.0 Å². The van der Waals surface area contributed by atoms with Gasteiger partial charge in [-0.15, -0.1) is 0 Å². The molecule has 0 bridgehead atoms. The Morgan fingerprint density at radius 3 is 2.18 bits per heavy atom. The molecule has 9 heteroatoms. The molecule has 1 aromatic heterocycles. The Bertz CT molecular complexity index is 1580. The number of fused-ring (bicyclic) bond motifs is 1. The number of aliphatic carboxylic acids is 1. The molecule has 5 rings (SSSR count). The van der Waals surface area contributed by atoms with Crippen LogP contribution in [0.4, 0.5) is 18.9 Å². The topological polar surface area (TPSA) is 104 Å². The maximum absolute atomic E-state index is 10.6. The number of benzene rings is 4. The number of aromatic nitrogens is 2. The van der Waals surface area contributed by atoms with E-state index in [0.717, 1.165) is 41.2 Å². The lowest BCUT2D eigenvalue weighted by molar-refractivity contribution is -0.192. The normalized spacial score (nSPS) is 11.2. The van der Waals surface area contributed by atoms with Crippen molar-refractivity contribution >= 4 is 22.7 Å². The summed E-state index contributed by atoms with van der Waals surface area (Å²) in [5, 5.41) is 10.6. The number of alkyl halides is 3. The molecule has 0 aliphatic rings. The number of H-pyrrole nitrogens is 1. The molecule has 0 amide bonds. The molecule has 0 fully saturated rings. The van der Waals surface area contributed by atoms with Crippen molar-refractivity contribution in [3.63, 3.8) is 0 Å². The number of hydrogen-bond acceptors (Lipinski definition) is 4. The van der Waals surface area contributed by atoms with E-state index >= 15 is 0 Å². The smallest absolute Gasteiger partial charge is 0.475 e. The number of aryl methyl sites for hydroxylation is 1. The third-order valence-electron chi connectivity index (χ3n) is 5.99. The summed E-state index contributed by atoms with van der Waals surface area (Å²) in [6.07, 6.45) is -5.08. The van der Waals surface area contributed by atoms with Gasteiger partial charge in [-0.05, 0) is 59.0 Å². The number of nitrogens with zero attached hydrogens (tertiary/aromatic N) is 1. The fourth-order valence-electron chi connectivity index (χ4n) is 4.03. The first-order chi connectivity index (χ1) is 18.6. The van der Waals surface area contributed by atoms with E-state index in [0.29, 0.717) is 0 Å². The van der Waals surface area contributed by atoms with Gasteiger partial charge in [0.15, 0.2) is 0 Å². The Morgan fingerprint density at radius 1 is 0.872 bits per heavy atom. The van der Waals surface area contributed by atoms with Gasteiger partial charge >= 0.3 is 12.1 Å². The molecule has 1 heterocycles. The van der Waals surface area contributed by atoms with Crippen molar-refractivity contribution in [2.45, 2.75) is 26.2 Å². The Morgan fingerprint density at radius 2 is 1.51 bits per heavy atom. The van der Waals surface area contributed by atoms with Crippen LogP contribution >= 0.6 is 0 Å². The lowest BCUT2D eigenvalue weighted by atomic mass is 10.0. The van der Waals surface area contributed by atoms with Gasteiger partial charge in [-0.3, -0.25) is 0 Å². The Balaban J connectivity index is 0.000000448. The molecule has 0 saturated carbocycles. The highest BCUT2D eigenvalue weighted by atomic mass is 19.4. The minimum Gasteiger partial charge on any atom is -0.475 e. The SMILES string of the molecule is Cc1cccc2[nH]c(-c3cccc(-c4ccc(CNCc5cccc(N)c5)cc4)c3)nc12.O=C(O)C(F)(F)F. The molecule has 0 aliphatic carbocycles. The number of rotatable bonds is 6. The highest BCUT2D eigenvalue weighted by molar-refractivity contribution is 5.83. The molecule has 6 nitrogen and oxygen atoms in total. The predicted octanol–water partition coefficient (Wildman–Crippen LogP) is 6.71. The van der Waals surface area contributed by atoms with Crippen molar-refractivity contribution in [2.75, 3.05) is 5.73 Å². The second-order valence-electron chi connectivity index (χ2n) is 8.99. The summed E-state index contributed by atoms with van der Waals surface area (Å²) < 4.78 is 31.7. The number of hydrogen-bond donors (Lipinski definition) is 4. The number of carbonyl (C=O) groups is 1. The molecule has 4 aromatic carbocycles. The number of nitrogens with two attached hydrogens (primary N) is 1. The maximum atomic E-state index is 10.6. The van der Waals surface area contributed by atoms with Crippen LogP contribution < -0.4 is 11.1 Å². The monoisotopic (exact) mass is 532 g/mol. The first kappa shape index (κ1) is 27.4. The molecule has 0 unspecified atom stereocenters. The number of imidazole rings is 1. The molecule has 39 heavy (non-hydrogen) atoms. The number of para-hydroxylation sites is 1. The summed E-state index contributed by atoms with van der Waals surface area (Å²) in [7, 11) is 0. The highest BCUT2D eigenvalue weighted by Gasteiger charge is 2.38. The molecule has 0 atom stereocenters. The fourth-order valence-corrected chi connectivity index (χ4v) is 4.03. The van der Waals surface area contributed by atoms with Gasteiger partial charge in [-0.2, -0.15) is 13.2 Å². The van der Waals surface area contributed by atoms with Crippen molar-refractivity contribution in [3.8, 4) is 22.5 Å². The van der Waals surface area contributed by atoms with Crippen LogP contribution in [0, 0.1) is 6.92 Å². The van der Waals surface area contributed by atoms with Crippen LogP contribution in [0.25, 0.3) is 33.5 Å². The number of carboxylic acid groups (broad SMARTS) is 1. The van der Waals surface area contributed by atoms with E-state index in [9.17, 15) is 13.2 Å². The zero-order valence-electron chi connectivity index (χ0n) is 21.1. The molecule has 0 radical (unpaired) electrons. The number of halogens is 3. The number of carboxylic acids is 1. The third-order valence-corrected chi connectivity index (χ3v) is 5.99. The van der Waals surface area contributed by atoms with E-state index in [1.54, 1.807) is 0 Å².